The molecule has 122 valence electrons. The Kier molecular flexibility index (Phi) is 4.59. The molecule has 4 heteroatoms. The standard InChI is InChI=1S/C18H27NO3/c1-21-14-7-6-13(17(12-14)22-2)11-16-15-5-3-4-8-18(15,20)9-10-19-16/h6-7,12,15-16,19-20H,3-5,8-11H2,1-2H3. The Balaban J connectivity index is 1.80. The maximum Gasteiger partial charge on any atom is 0.125 e. The van der Waals surface area contributed by atoms with Crippen molar-refractivity contribution >= 4 is 0 Å². The summed E-state index contributed by atoms with van der Waals surface area (Å²) in [5.74, 6) is 2.03. The average molecular weight is 305 g/mol. The molecule has 22 heavy (non-hydrogen) atoms. The van der Waals surface area contributed by atoms with Gasteiger partial charge in [0.25, 0.3) is 0 Å². The summed E-state index contributed by atoms with van der Waals surface area (Å²) in [5.41, 5.74) is 0.712. The van der Waals surface area contributed by atoms with Crippen molar-refractivity contribution < 1.29 is 14.6 Å². The maximum atomic E-state index is 11.0. The lowest BCUT2D eigenvalue weighted by Gasteiger charge is -2.48. The van der Waals surface area contributed by atoms with E-state index in [0.717, 1.165) is 50.1 Å². The average Bonchev–Trinajstić information content (AvgIpc) is 2.54. The summed E-state index contributed by atoms with van der Waals surface area (Å²) in [4.78, 5) is 0. The number of nitrogens with one attached hydrogen (secondary N) is 1. The number of rotatable bonds is 4. The Morgan fingerprint density at radius 3 is 2.86 bits per heavy atom. The highest BCUT2D eigenvalue weighted by Crippen LogP contribution is 2.41. The van der Waals surface area contributed by atoms with Gasteiger partial charge in [-0.05, 0) is 43.9 Å². The van der Waals surface area contributed by atoms with E-state index in [1.807, 2.05) is 12.1 Å². The molecule has 4 nitrogen and oxygen atoms in total. The van der Waals surface area contributed by atoms with E-state index in [2.05, 4.69) is 11.4 Å². The number of fused-ring (bicyclic) bond motifs is 1. The van der Waals surface area contributed by atoms with Crippen LogP contribution in [0.15, 0.2) is 18.2 Å². The Bertz CT molecular complexity index is 515. The first-order valence-electron chi connectivity index (χ1n) is 8.33. The quantitative estimate of drug-likeness (QED) is 0.897. The fraction of sp³-hybridized carbons (Fsp3) is 0.667. The molecule has 1 saturated heterocycles. The highest BCUT2D eigenvalue weighted by atomic mass is 16.5. The molecule has 3 atom stereocenters. The van der Waals surface area contributed by atoms with Crippen molar-refractivity contribution in [3.63, 3.8) is 0 Å². The van der Waals surface area contributed by atoms with Gasteiger partial charge < -0.3 is 19.9 Å². The van der Waals surface area contributed by atoms with Gasteiger partial charge in [0, 0.05) is 18.0 Å². The monoisotopic (exact) mass is 305 g/mol. The minimum atomic E-state index is -0.464. The summed E-state index contributed by atoms with van der Waals surface area (Å²) in [7, 11) is 3.36. The van der Waals surface area contributed by atoms with Crippen molar-refractivity contribution in [1.82, 2.24) is 5.32 Å². The lowest BCUT2D eigenvalue weighted by Crippen LogP contribution is -2.58. The van der Waals surface area contributed by atoms with Crippen molar-refractivity contribution in [3.05, 3.63) is 23.8 Å². The largest absolute Gasteiger partial charge is 0.497 e. The minimum Gasteiger partial charge on any atom is -0.497 e. The number of aliphatic hydroxyl groups is 1. The third-order valence-corrected chi connectivity index (χ3v) is 5.45. The molecular weight excluding hydrogens is 278 g/mol. The van der Waals surface area contributed by atoms with Crippen LogP contribution in [-0.2, 0) is 6.42 Å². The van der Waals surface area contributed by atoms with Crippen LogP contribution in [0.2, 0.25) is 0 Å². The van der Waals surface area contributed by atoms with Crippen LogP contribution in [0.3, 0.4) is 0 Å². The van der Waals surface area contributed by atoms with Crippen LogP contribution < -0.4 is 14.8 Å². The molecule has 2 aliphatic rings. The van der Waals surface area contributed by atoms with Gasteiger partial charge in [-0.15, -0.1) is 0 Å². The molecule has 2 fully saturated rings. The predicted molar refractivity (Wildman–Crippen MR) is 86.6 cm³/mol. The molecule has 0 aromatic heterocycles. The molecule has 1 aliphatic heterocycles. The van der Waals surface area contributed by atoms with Gasteiger partial charge in [-0.25, -0.2) is 0 Å². The molecule has 0 bridgehead atoms. The summed E-state index contributed by atoms with van der Waals surface area (Å²) in [6.07, 6.45) is 6.23. The Labute approximate surface area is 132 Å². The van der Waals surface area contributed by atoms with Crippen LogP contribution >= 0.6 is 0 Å². The third kappa shape index (κ3) is 2.95. The Morgan fingerprint density at radius 1 is 1.23 bits per heavy atom. The molecule has 0 spiro atoms. The first-order valence-corrected chi connectivity index (χ1v) is 8.33. The molecule has 0 amide bonds. The van der Waals surface area contributed by atoms with E-state index < -0.39 is 5.60 Å². The van der Waals surface area contributed by atoms with Crippen LogP contribution in [0.4, 0.5) is 0 Å². The van der Waals surface area contributed by atoms with Crippen molar-refractivity contribution in [2.75, 3.05) is 20.8 Å². The molecule has 0 radical (unpaired) electrons. The lowest BCUT2D eigenvalue weighted by molar-refractivity contribution is -0.0851. The Hall–Kier alpha value is -1.26. The third-order valence-electron chi connectivity index (χ3n) is 5.45. The van der Waals surface area contributed by atoms with E-state index in [0.29, 0.717) is 12.0 Å². The zero-order valence-corrected chi connectivity index (χ0v) is 13.6. The SMILES string of the molecule is COc1ccc(CC2NCCC3(O)CCCCC23)c(OC)c1. The zero-order valence-electron chi connectivity index (χ0n) is 13.6. The minimum absolute atomic E-state index is 0.321. The summed E-state index contributed by atoms with van der Waals surface area (Å²) in [6, 6.07) is 6.32. The smallest absolute Gasteiger partial charge is 0.125 e. The van der Waals surface area contributed by atoms with Crippen molar-refractivity contribution in [2.45, 2.75) is 50.2 Å². The fourth-order valence-electron chi connectivity index (χ4n) is 4.22. The second-order valence-electron chi connectivity index (χ2n) is 6.65. The highest BCUT2D eigenvalue weighted by Gasteiger charge is 2.45. The van der Waals surface area contributed by atoms with Gasteiger partial charge >= 0.3 is 0 Å². The van der Waals surface area contributed by atoms with Crippen molar-refractivity contribution in [2.24, 2.45) is 5.92 Å². The lowest BCUT2D eigenvalue weighted by atomic mass is 9.67. The second-order valence-corrected chi connectivity index (χ2v) is 6.65. The van der Waals surface area contributed by atoms with E-state index >= 15 is 0 Å². The summed E-state index contributed by atoms with van der Waals surface area (Å²) < 4.78 is 10.8. The molecule has 3 unspecified atom stereocenters. The van der Waals surface area contributed by atoms with Gasteiger partial charge in [0.2, 0.25) is 0 Å². The van der Waals surface area contributed by atoms with E-state index in [9.17, 15) is 5.11 Å². The molecule has 1 aromatic rings. The summed E-state index contributed by atoms with van der Waals surface area (Å²) >= 11 is 0. The van der Waals surface area contributed by atoms with Crippen LogP contribution in [0.25, 0.3) is 0 Å². The van der Waals surface area contributed by atoms with Crippen molar-refractivity contribution in [3.8, 4) is 11.5 Å². The molecule has 1 heterocycles. The van der Waals surface area contributed by atoms with Gasteiger partial charge in [0.05, 0.1) is 19.8 Å². The number of hydrogen-bond donors (Lipinski definition) is 2. The fourth-order valence-corrected chi connectivity index (χ4v) is 4.22. The van der Waals surface area contributed by atoms with Crippen LogP contribution in [-0.4, -0.2) is 37.5 Å². The topological polar surface area (TPSA) is 50.7 Å². The number of piperidine rings is 1. The number of methoxy groups -OCH3 is 2. The van der Waals surface area contributed by atoms with E-state index in [1.165, 1.54) is 12.0 Å². The van der Waals surface area contributed by atoms with Crippen LogP contribution in [0, 0.1) is 5.92 Å². The van der Waals surface area contributed by atoms with E-state index in [-0.39, 0.29) is 0 Å². The Morgan fingerprint density at radius 2 is 2.09 bits per heavy atom. The van der Waals surface area contributed by atoms with E-state index in [4.69, 9.17) is 9.47 Å². The zero-order chi connectivity index (χ0) is 15.6. The van der Waals surface area contributed by atoms with Crippen LogP contribution in [0.1, 0.15) is 37.7 Å². The first-order chi connectivity index (χ1) is 10.7. The van der Waals surface area contributed by atoms with Gasteiger partial charge in [0.15, 0.2) is 0 Å². The van der Waals surface area contributed by atoms with Crippen LogP contribution in [0.5, 0.6) is 11.5 Å². The molecule has 1 saturated carbocycles. The summed E-state index contributed by atoms with van der Waals surface area (Å²) in [5, 5.41) is 14.6. The molecular formula is C18H27NO3. The highest BCUT2D eigenvalue weighted by molar-refractivity contribution is 5.41. The predicted octanol–water partition coefficient (Wildman–Crippen LogP) is 2.53. The van der Waals surface area contributed by atoms with Gasteiger partial charge in [-0.1, -0.05) is 18.9 Å². The number of ether oxygens (including phenoxy) is 2. The maximum absolute atomic E-state index is 11.0. The first kappa shape index (κ1) is 15.6. The number of hydrogen-bond acceptors (Lipinski definition) is 4. The summed E-state index contributed by atoms with van der Waals surface area (Å²) in [6.45, 7) is 0.899. The normalized spacial score (nSPS) is 31.4. The number of benzene rings is 1. The van der Waals surface area contributed by atoms with E-state index in [1.54, 1.807) is 14.2 Å². The van der Waals surface area contributed by atoms with Gasteiger partial charge in [-0.2, -0.15) is 0 Å². The van der Waals surface area contributed by atoms with Gasteiger partial charge in [-0.3, -0.25) is 0 Å². The van der Waals surface area contributed by atoms with Crippen molar-refractivity contribution in [1.29, 1.82) is 0 Å². The second kappa shape index (κ2) is 6.47. The molecule has 1 aliphatic carbocycles. The molecule has 1 aromatic carbocycles. The molecule has 2 N–H and O–H groups in total. The van der Waals surface area contributed by atoms with Gasteiger partial charge in [0.1, 0.15) is 11.5 Å². The molecule has 3 rings (SSSR count).